The number of para-hydroxylation sites is 1. The van der Waals surface area contributed by atoms with Crippen molar-refractivity contribution < 1.29 is 48.2 Å². The number of hydrogen-bond acceptors (Lipinski definition) is 11. The number of rotatable bonds is 27. The molecule has 85 heavy (non-hydrogen) atoms. The van der Waals surface area contributed by atoms with Crippen LogP contribution in [0.25, 0.3) is 0 Å². The van der Waals surface area contributed by atoms with Crippen LogP contribution in [-0.4, -0.2) is 115 Å². The number of carboxylic acids is 1. The van der Waals surface area contributed by atoms with E-state index in [1.807, 2.05) is 89.3 Å². The van der Waals surface area contributed by atoms with E-state index in [0.717, 1.165) is 16.7 Å². The van der Waals surface area contributed by atoms with Gasteiger partial charge in [-0.25, -0.2) is 14.4 Å². The van der Waals surface area contributed by atoms with Crippen LogP contribution in [0.4, 0.5) is 26.7 Å². The van der Waals surface area contributed by atoms with Crippen molar-refractivity contribution in [3.05, 3.63) is 137 Å². The quantitative estimate of drug-likeness (QED) is 0.0159. The number of nitrogens with one attached hydrogen (secondary N) is 7. The minimum absolute atomic E-state index is 0.0929. The van der Waals surface area contributed by atoms with Crippen LogP contribution in [0.3, 0.4) is 0 Å². The average Bonchev–Trinajstić information content (AvgIpc) is 2.51. The Balaban J connectivity index is 1.17. The molecular weight excluding hydrogens is 1080 g/mol. The van der Waals surface area contributed by atoms with Gasteiger partial charge < -0.3 is 52.4 Å². The highest BCUT2D eigenvalue weighted by Crippen LogP contribution is 2.31. The zero-order valence-corrected chi connectivity index (χ0v) is 51.1. The van der Waals surface area contributed by atoms with Gasteiger partial charge in [0, 0.05) is 71.5 Å². The molecule has 0 radical (unpaired) electrons. The van der Waals surface area contributed by atoms with E-state index in [9.17, 15) is 43.5 Å². The number of benzene rings is 4. The number of carbonyl (C=O) groups is 8. The van der Waals surface area contributed by atoms with Gasteiger partial charge in [-0.15, -0.1) is 0 Å². The first-order valence-corrected chi connectivity index (χ1v) is 28.8. The van der Waals surface area contributed by atoms with Crippen LogP contribution in [0, 0.1) is 29.1 Å². The Morgan fingerprint density at radius 2 is 1.42 bits per heavy atom. The second kappa shape index (κ2) is 30.8. The van der Waals surface area contributed by atoms with Crippen molar-refractivity contribution in [2.24, 2.45) is 23.0 Å². The minimum atomic E-state index is -1.11. The van der Waals surface area contributed by atoms with E-state index in [2.05, 4.69) is 74.7 Å². The molecule has 0 saturated heterocycles. The molecule has 0 spiro atoms. The summed E-state index contributed by atoms with van der Waals surface area (Å²) in [4.78, 5) is 109. The number of fused-ring (bicyclic) bond motifs is 2. The van der Waals surface area contributed by atoms with Crippen molar-refractivity contribution >= 4 is 64.7 Å². The summed E-state index contributed by atoms with van der Waals surface area (Å²) in [7, 11) is 3.65. The van der Waals surface area contributed by atoms with E-state index in [-0.39, 0.29) is 86.2 Å². The highest BCUT2D eigenvalue weighted by atomic mass is 16.5. The largest absolute Gasteiger partial charge is 0.478 e. The zero-order valence-electron chi connectivity index (χ0n) is 51.1. The second-order valence-corrected chi connectivity index (χ2v) is 23.9. The Bertz CT molecular complexity index is 3120. The van der Waals surface area contributed by atoms with Gasteiger partial charge in [0.15, 0.2) is 0 Å². The van der Waals surface area contributed by atoms with Gasteiger partial charge in [0.2, 0.25) is 29.5 Å². The lowest BCUT2D eigenvalue weighted by Crippen LogP contribution is -2.59. The van der Waals surface area contributed by atoms with E-state index in [1.54, 1.807) is 81.3 Å². The van der Waals surface area contributed by atoms with Crippen LogP contribution < -0.4 is 47.9 Å². The molecule has 1 aliphatic rings. The number of nitrogens with two attached hydrogens (primary N) is 1. The lowest BCUT2D eigenvalue weighted by Gasteiger charge is -2.40. The molecule has 5 rings (SSSR count). The lowest BCUT2D eigenvalue weighted by molar-refractivity contribution is -0.132. The maximum Gasteiger partial charge on any atom is 0.411 e. The van der Waals surface area contributed by atoms with Gasteiger partial charge in [0.1, 0.15) is 18.7 Å². The van der Waals surface area contributed by atoms with Gasteiger partial charge in [0.25, 0.3) is 0 Å². The second-order valence-electron chi connectivity index (χ2n) is 23.9. The predicted molar refractivity (Wildman–Crippen MR) is 330 cm³/mol. The third-order valence-electron chi connectivity index (χ3n) is 15.1. The van der Waals surface area contributed by atoms with Gasteiger partial charge in [-0.05, 0) is 110 Å². The van der Waals surface area contributed by atoms with Gasteiger partial charge >= 0.3 is 18.1 Å². The summed E-state index contributed by atoms with van der Waals surface area (Å²) in [6, 6.07) is 24.5. The summed E-state index contributed by atoms with van der Waals surface area (Å²) >= 11 is 0. The number of ether oxygens (including phenoxy) is 1. The number of aliphatic carboxylic acids is 1. The lowest BCUT2D eigenvalue weighted by atomic mass is 9.76. The maximum atomic E-state index is 14.2. The molecular formula is C65H86N10O10. The Hall–Kier alpha value is -8.54. The maximum absolute atomic E-state index is 14.2. The number of amides is 8. The highest BCUT2D eigenvalue weighted by molar-refractivity contribution is 6.00. The Morgan fingerprint density at radius 3 is 2.06 bits per heavy atom. The van der Waals surface area contributed by atoms with Crippen LogP contribution in [0.2, 0.25) is 0 Å². The molecule has 0 bridgehead atoms. The van der Waals surface area contributed by atoms with Gasteiger partial charge in [-0.1, -0.05) is 135 Å². The number of carboxylic acid groups (broad SMARTS) is 1. The third kappa shape index (κ3) is 19.8. The van der Waals surface area contributed by atoms with E-state index in [4.69, 9.17) is 10.5 Å². The number of primary amides is 1. The van der Waals surface area contributed by atoms with Crippen LogP contribution in [0.1, 0.15) is 123 Å². The molecule has 4 aromatic carbocycles. The fourth-order valence-corrected chi connectivity index (χ4v) is 9.95. The molecule has 0 saturated carbocycles. The van der Waals surface area contributed by atoms with Crippen LogP contribution in [0.5, 0.6) is 0 Å². The number of hydrogen-bond donors (Lipinski definition) is 9. The molecule has 0 aromatic heterocycles. The average molecular weight is 1170 g/mol. The first kappa shape index (κ1) is 67.3. The SMILES string of the molecule is CN[C@H](C(=O)N[C@H](CN(C)[C@H](/C=C(\C)C(=O)O)C(C)C)C(C)(C)C)C(C)(C)c1cccc(NC(=O)OCc2ccc(NC(=O)[C@H](CCCNC(N)=O)NC(=O)[C@@H](NC(=O)CCC(=O)N3Cc4ccccc4C#Cc4ccccc43)C(C)C)cc2)c1. The Labute approximate surface area is 500 Å². The Morgan fingerprint density at radius 1 is 0.765 bits per heavy atom. The summed E-state index contributed by atoms with van der Waals surface area (Å²) < 4.78 is 5.58. The highest BCUT2D eigenvalue weighted by Gasteiger charge is 2.39. The molecule has 1 aliphatic heterocycles. The van der Waals surface area contributed by atoms with E-state index in [1.165, 1.54) is 0 Å². The first-order valence-electron chi connectivity index (χ1n) is 28.8. The monoisotopic (exact) mass is 1170 g/mol. The standard InChI is InChI=1S/C65H86N10O10/c1-40(2)52(35-42(5)61(81)82)74(12)38-53(64(6,7)8)72-60(80)57(67-11)65(9,10)47-22-17-23-49(36-47)70-63(84)85-39-43-26-30-48(31-27-43)69-58(78)50(24-18-34-68-62(66)83)71-59(79)56(41(3)4)73-54(76)32-33-55(77)75-37-46-21-14-13-19-44(46)28-29-45-20-15-16-25-51(45)75/h13-17,19-23,25-27,30-31,35-36,40-41,50,52-53,56-57,67H,18,24,32-34,37-39H2,1-12H3,(H,69,78)(H,70,84)(H,71,79)(H,72,80)(H,73,76)(H,81,82)(H3,66,68,83)/b42-35+/t50-,52+,53+,56-,57+/m0/s1. The topological polar surface area (TPSA) is 283 Å². The molecule has 10 N–H and O–H groups in total. The van der Waals surface area contributed by atoms with Crippen molar-refractivity contribution in [1.82, 2.24) is 31.5 Å². The fraction of sp³-hybridized carbons (Fsp3) is 0.446. The summed E-state index contributed by atoms with van der Waals surface area (Å²) in [6.45, 7) is 19.9. The van der Waals surface area contributed by atoms with Crippen molar-refractivity contribution in [3.63, 3.8) is 0 Å². The van der Waals surface area contributed by atoms with Crippen LogP contribution in [-0.2, 0) is 52.1 Å². The molecule has 20 heteroatoms. The molecule has 1 heterocycles. The van der Waals surface area contributed by atoms with Crippen molar-refractivity contribution in [2.75, 3.05) is 42.7 Å². The van der Waals surface area contributed by atoms with E-state index < -0.39 is 65.3 Å². The third-order valence-corrected chi connectivity index (χ3v) is 15.1. The fourth-order valence-electron chi connectivity index (χ4n) is 9.95. The summed E-state index contributed by atoms with van der Waals surface area (Å²) in [5, 5.41) is 29.7. The number of urea groups is 1. The van der Waals surface area contributed by atoms with Crippen molar-refractivity contribution in [2.45, 2.75) is 144 Å². The smallest absolute Gasteiger partial charge is 0.411 e. The minimum Gasteiger partial charge on any atom is -0.478 e. The van der Waals surface area contributed by atoms with E-state index in [0.29, 0.717) is 34.7 Å². The normalized spacial score (nSPS) is 14.1. The number of anilines is 3. The van der Waals surface area contributed by atoms with E-state index >= 15 is 0 Å². The van der Waals surface area contributed by atoms with Gasteiger partial charge in [-0.3, -0.25) is 34.2 Å². The first-order chi connectivity index (χ1) is 40.1. The Kier molecular flexibility index (Phi) is 24.4. The molecule has 5 atom stereocenters. The van der Waals surface area contributed by atoms with Crippen LogP contribution in [0.15, 0.2) is 109 Å². The van der Waals surface area contributed by atoms with Gasteiger partial charge in [-0.2, -0.15) is 0 Å². The zero-order chi connectivity index (χ0) is 62.8. The van der Waals surface area contributed by atoms with Crippen molar-refractivity contribution in [3.8, 4) is 11.8 Å². The summed E-state index contributed by atoms with van der Waals surface area (Å²) in [5.74, 6) is 2.84. The number of nitrogens with zero attached hydrogens (tertiary/aromatic N) is 2. The molecule has 4 aromatic rings. The molecule has 456 valence electrons. The molecule has 0 fully saturated rings. The molecule has 0 unspecified atom stereocenters. The summed E-state index contributed by atoms with van der Waals surface area (Å²) in [6.07, 6.45) is 1.03. The number of likely N-dealkylation sites (N-methyl/N-ethyl adjacent to an activating group) is 2. The van der Waals surface area contributed by atoms with Crippen LogP contribution >= 0.6 is 0 Å². The predicted octanol–water partition coefficient (Wildman–Crippen LogP) is 7.56. The molecule has 8 amide bonds. The molecule has 0 aliphatic carbocycles. The van der Waals surface area contributed by atoms with Gasteiger partial charge in [0.05, 0.1) is 18.3 Å². The molecule has 20 nitrogen and oxygen atoms in total. The number of carbonyl (C=O) groups excluding carboxylic acids is 7. The van der Waals surface area contributed by atoms with Crippen molar-refractivity contribution in [1.29, 1.82) is 0 Å². The summed E-state index contributed by atoms with van der Waals surface area (Å²) in [5.41, 5.74) is 9.55.